The third kappa shape index (κ3) is 4.20. The van der Waals surface area contributed by atoms with E-state index in [-0.39, 0.29) is 35.7 Å². The third-order valence-electron chi connectivity index (χ3n) is 4.99. The largest absolute Gasteiger partial charge is 0.443 e. The minimum atomic E-state index is -4.89. The summed E-state index contributed by atoms with van der Waals surface area (Å²) in [6.07, 6.45) is -8.96. The molecule has 3 heterocycles. The van der Waals surface area contributed by atoms with Crippen molar-refractivity contribution in [2.24, 2.45) is 5.73 Å². The minimum Gasteiger partial charge on any atom is -0.352 e. The first-order valence-electron chi connectivity index (χ1n) is 8.78. The van der Waals surface area contributed by atoms with Crippen molar-refractivity contribution in [2.45, 2.75) is 30.7 Å². The van der Waals surface area contributed by atoms with Gasteiger partial charge >= 0.3 is 18.4 Å². The van der Waals surface area contributed by atoms with E-state index in [9.17, 15) is 35.9 Å². The van der Waals surface area contributed by atoms with Crippen molar-refractivity contribution in [1.29, 1.82) is 0 Å². The van der Waals surface area contributed by atoms with Gasteiger partial charge in [0.1, 0.15) is 5.54 Å². The normalized spacial score (nSPS) is 20.8. The molecule has 2 aromatic rings. The zero-order chi connectivity index (χ0) is 24.1. The van der Waals surface area contributed by atoms with Crippen LogP contribution in [0.15, 0.2) is 17.6 Å². The smallest absolute Gasteiger partial charge is 0.352 e. The van der Waals surface area contributed by atoms with Crippen LogP contribution in [-0.2, 0) is 17.1 Å². The van der Waals surface area contributed by atoms with E-state index in [0.717, 1.165) is 22.5 Å². The predicted molar refractivity (Wildman–Crippen MR) is 101 cm³/mol. The quantitative estimate of drug-likeness (QED) is 0.627. The van der Waals surface area contributed by atoms with Gasteiger partial charge in [0.2, 0.25) is 5.91 Å². The van der Waals surface area contributed by atoms with Gasteiger partial charge in [-0.3, -0.25) is 9.78 Å². The van der Waals surface area contributed by atoms with E-state index in [1.807, 2.05) is 0 Å². The van der Waals surface area contributed by atoms with Crippen LogP contribution in [0.4, 0.5) is 31.1 Å². The number of rotatable bonds is 3. The van der Waals surface area contributed by atoms with Gasteiger partial charge in [0.15, 0.2) is 10.7 Å². The van der Waals surface area contributed by atoms with Gasteiger partial charge < -0.3 is 16.0 Å². The van der Waals surface area contributed by atoms with E-state index in [4.69, 9.17) is 17.3 Å². The number of alkyl halides is 6. The van der Waals surface area contributed by atoms with Crippen molar-refractivity contribution in [3.05, 3.63) is 44.6 Å². The third-order valence-corrected chi connectivity index (χ3v) is 6.19. The van der Waals surface area contributed by atoms with E-state index in [1.165, 1.54) is 6.92 Å². The second kappa shape index (κ2) is 8.06. The van der Waals surface area contributed by atoms with E-state index < -0.39 is 51.5 Å². The number of urea groups is 1. The van der Waals surface area contributed by atoms with Gasteiger partial charge in [-0.1, -0.05) is 11.6 Å². The van der Waals surface area contributed by atoms with Gasteiger partial charge in [-0.25, -0.2) is 9.78 Å². The second-order valence-corrected chi connectivity index (χ2v) is 8.26. The van der Waals surface area contributed by atoms with Crippen LogP contribution in [0.5, 0.6) is 0 Å². The number of hydrogen-bond acceptors (Lipinski definition) is 5. The average Bonchev–Trinajstić information content (AvgIpc) is 3.13. The second-order valence-electron chi connectivity index (χ2n) is 7.00. The summed E-state index contributed by atoms with van der Waals surface area (Å²) < 4.78 is 78.7. The number of amides is 3. The Morgan fingerprint density at radius 1 is 1.31 bits per heavy atom. The first kappa shape index (κ1) is 24.0. The lowest BCUT2D eigenvalue weighted by Crippen LogP contribution is -2.68. The Kier molecular flexibility index (Phi) is 6.06. The highest BCUT2D eigenvalue weighted by atomic mass is 35.5. The van der Waals surface area contributed by atoms with E-state index in [0.29, 0.717) is 0 Å². The lowest BCUT2D eigenvalue weighted by Gasteiger charge is -2.46. The molecule has 1 aliphatic rings. The SMILES string of the molecule is CC1([C@@H](c2cnc(C(F)(F)F)c(Cl)c2)c2csc(C(F)(F)F)n2)C(=O)NCCN1C(N)=O. The Morgan fingerprint density at radius 3 is 2.47 bits per heavy atom. The fraction of sp³-hybridized carbons (Fsp3) is 0.412. The number of carbonyl (C=O) groups is 2. The number of aromatic nitrogens is 2. The standard InChI is InChI=1S/C17H14ClF6N5O2S/c1-15(12(30)26-2-3-29(15)14(25)31)10(9-6-32-13(28-9)17(22,23)24)7-4-8(18)11(27-5-7)16(19,20)21/h4-6,10H,2-3H2,1H3,(H2,25,31)(H,26,30)/t10-,15?/m0/s1. The summed E-state index contributed by atoms with van der Waals surface area (Å²) >= 11 is 5.99. The molecule has 1 fully saturated rings. The van der Waals surface area contributed by atoms with Crippen LogP contribution in [-0.4, -0.2) is 45.4 Å². The fourth-order valence-electron chi connectivity index (χ4n) is 3.59. The van der Waals surface area contributed by atoms with Crippen molar-refractivity contribution in [3.8, 4) is 0 Å². The highest BCUT2D eigenvalue weighted by molar-refractivity contribution is 7.09. The van der Waals surface area contributed by atoms with E-state index >= 15 is 0 Å². The number of halogens is 7. The van der Waals surface area contributed by atoms with Crippen molar-refractivity contribution in [2.75, 3.05) is 13.1 Å². The maximum Gasteiger partial charge on any atom is 0.443 e. The van der Waals surface area contributed by atoms with Crippen LogP contribution < -0.4 is 11.1 Å². The summed E-state index contributed by atoms with van der Waals surface area (Å²) in [5.74, 6) is -2.25. The summed E-state index contributed by atoms with van der Waals surface area (Å²) in [6.45, 7) is 1.15. The molecule has 0 saturated carbocycles. The zero-order valence-electron chi connectivity index (χ0n) is 16.0. The van der Waals surface area contributed by atoms with E-state index in [2.05, 4.69) is 15.3 Å². The number of carbonyl (C=O) groups excluding carboxylic acids is 2. The number of primary amides is 1. The number of nitrogens with zero attached hydrogens (tertiary/aromatic N) is 3. The molecule has 2 aromatic heterocycles. The topological polar surface area (TPSA) is 101 Å². The Morgan fingerprint density at radius 2 is 1.97 bits per heavy atom. The Balaban J connectivity index is 2.25. The Hall–Kier alpha value is -2.61. The number of nitrogens with two attached hydrogens (primary N) is 1. The van der Waals surface area contributed by atoms with Gasteiger partial charge in [0.05, 0.1) is 16.6 Å². The molecule has 7 nitrogen and oxygen atoms in total. The molecule has 1 unspecified atom stereocenters. The predicted octanol–water partition coefficient (Wildman–Crippen LogP) is 3.63. The molecule has 0 aromatic carbocycles. The number of nitrogens with one attached hydrogen (secondary N) is 1. The molecule has 1 saturated heterocycles. The summed E-state index contributed by atoms with van der Waals surface area (Å²) in [5, 5.41) is 1.42. The molecule has 174 valence electrons. The summed E-state index contributed by atoms with van der Waals surface area (Å²) in [5.41, 5.74) is 1.58. The molecular weight excluding hydrogens is 488 g/mol. The molecule has 0 bridgehead atoms. The van der Waals surface area contributed by atoms with Crippen molar-refractivity contribution >= 4 is 34.9 Å². The maximum absolute atomic E-state index is 13.2. The van der Waals surface area contributed by atoms with Crippen molar-refractivity contribution < 1.29 is 35.9 Å². The van der Waals surface area contributed by atoms with Crippen LogP contribution >= 0.6 is 22.9 Å². The number of hydrogen-bond donors (Lipinski definition) is 2. The highest BCUT2D eigenvalue weighted by Crippen LogP contribution is 2.44. The van der Waals surface area contributed by atoms with Gasteiger partial charge in [0.25, 0.3) is 0 Å². The molecule has 32 heavy (non-hydrogen) atoms. The summed E-state index contributed by atoms with van der Waals surface area (Å²) in [6, 6.07) is -0.217. The zero-order valence-corrected chi connectivity index (χ0v) is 17.6. The van der Waals surface area contributed by atoms with Crippen molar-refractivity contribution in [3.63, 3.8) is 0 Å². The molecule has 0 spiro atoms. The highest BCUT2D eigenvalue weighted by Gasteiger charge is 2.53. The minimum absolute atomic E-state index is 0.0148. The van der Waals surface area contributed by atoms with Gasteiger partial charge in [-0.15, -0.1) is 11.3 Å². The van der Waals surface area contributed by atoms with Gasteiger partial charge in [0, 0.05) is 24.7 Å². The number of thiazole rings is 1. The number of pyridine rings is 1. The van der Waals surface area contributed by atoms with E-state index in [1.54, 1.807) is 0 Å². The molecule has 3 rings (SSSR count). The van der Waals surface area contributed by atoms with Crippen LogP contribution in [0.3, 0.4) is 0 Å². The first-order chi connectivity index (χ1) is 14.7. The van der Waals surface area contributed by atoms with Crippen LogP contribution in [0.1, 0.15) is 34.8 Å². The van der Waals surface area contributed by atoms with Crippen LogP contribution in [0, 0.1) is 0 Å². The van der Waals surface area contributed by atoms with Gasteiger partial charge in [-0.2, -0.15) is 26.3 Å². The molecule has 3 amide bonds. The first-order valence-corrected chi connectivity index (χ1v) is 10.0. The molecular formula is C17H14ClF6N5O2S. The molecule has 3 N–H and O–H groups in total. The monoisotopic (exact) mass is 501 g/mol. The maximum atomic E-state index is 13.2. The Labute approximate surface area is 185 Å². The molecule has 2 atom stereocenters. The lowest BCUT2D eigenvalue weighted by molar-refractivity contribution is -0.141. The summed E-state index contributed by atoms with van der Waals surface area (Å²) in [4.78, 5) is 32.7. The molecule has 1 aliphatic heterocycles. The van der Waals surface area contributed by atoms with Crippen LogP contribution in [0.2, 0.25) is 5.02 Å². The van der Waals surface area contributed by atoms with Crippen molar-refractivity contribution in [1.82, 2.24) is 20.2 Å². The lowest BCUT2D eigenvalue weighted by atomic mass is 9.76. The number of piperazine rings is 1. The summed E-state index contributed by atoms with van der Waals surface area (Å²) in [7, 11) is 0. The molecule has 15 heteroatoms. The van der Waals surface area contributed by atoms with Crippen LogP contribution in [0.25, 0.3) is 0 Å². The molecule has 0 radical (unpaired) electrons. The average molecular weight is 502 g/mol. The molecule has 0 aliphatic carbocycles. The Bertz CT molecular complexity index is 1060. The fourth-order valence-corrected chi connectivity index (χ4v) is 4.59. The van der Waals surface area contributed by atoms with Gasteiger partial charge in [-0.05, 0) is 18.6 Å².